The Morgan fingerprint density at radius 3 is 2.47 bits per heavy atom. The van der Waals surface area contributed by atoms with Crippen LogP contribution in [0.15, 0.2) is 60.7 Å². The third kappa shape index (κ3) is 3.60. The quantitative estimate of drug-likeness (QED) is 0.582. The molecule has 0 radical (unpaired) electrons. The van der Waals surface area contributed by atoms with Gasteiger partial charge in [0, 0.05) is 5.69 Å². The number of fused-ring (bicyclic) bond motifs is 1. The van der Waals surface area contributed by atoms with Crippen molar-refractivity contribution in [3.63, 3.8) is 0 Å². The van der Waals surface area contributed by atoms with Crippen molar-refractivity contribution >= 4 is 57.5 Å². The minimum absolute atomic E-state index is 0.268. The lowest BCUT2D eigenvalue weighted by Gasteiger charge is -2.22. The van der Waals surface area contributed by atoms with E-state index in [0.717, 1.165) is 15.7 Å². The van der Waals surface area contributed by atoms with Crippen LogP contribution in [0.1, 0.15) is 12.5 Å². The molecule has 3 aromatic carbocycles. The molecule has 4 amide bonds. The van der Waals surface area contributed by atoms with Crippen molar-refractivity contribution in [2.24, 2.45) is 0 Å². The fourth-order valence-electron chi connectivity index (χ4n) is 3.45. The van der Waals surface area contributed by atoms with Crippen molar-refractivity contribution in [1.82, 2.24) is 10.2 Å². The van der Waals surface area contributed by atoms with Crippen LogP contribution >= 0.6 is 23.2 Å². The Labute approximate surface area is 182 Å². The van der Waals surface area contributed by atoms with E-state index in [9.17, 15) is 14.4 Å². The predicted molar refractivity (Wildman–Crippen MR) is 117 cm³/mol. The second-order valence-electron chi connectivity index (χ2n) is 7.19. The monoisotopic (exact) mass is 441 g/mol. The van der Waals surface area contributed by atoms with Crippen LogP contribution < -0.4 is 10.6 Å². The second-order valence-corrected chi connectivity index (χ2v) is 8.00. The molecule has 3 aromatic rings. The van der Waals surface area contributed by atoms with E-state index in [4.69, 9.17) is 23.2 Å². The van der Waals surface area contributed by atoms with Crippen LogP contribution in [0, 0.1) is 0 Å². The number of amides is 4. The smallest absolute Gasteiger partial charge is 0.325 e. The Balaban J connectivity index is 1.51. The number of hydrogen-bond acceptors (Lipinski definition) is 3. The van der Waals surface area contributed by atoms with Gasteiger partial charge in [-0.15, -0.1) is 0 Å². The Kier molecular flexibility index (Phi) is 5.13. The van der Waals surface area contributed by atoms with Gasteiger partial charge in [0.1, 0.15) is 12.1 Å². The van der Waals surface area contributed by atoms with E-state index in [1.54, 1.807) is 25.1 Å². The molecule has 1 heterocycles. The number of carbonyl (C=O) groups is 3. The van der Waals surface area contributed by atoms with E-state index < -0.39 is 29.9 Å². The van der Waals surface area contributed by atoms with Gasteiger partial charge in [0.2, 0.25) is 5.91 Å². The molecule has 0 aromatic heterocycles. The van der Waals surface area contributed by atoms with Gasteiger partial charge < -0.3 is 10.6 Å². The maximum atomic E-state index is 13.0. The zero-order chi connectivity index (χ0) is 21.5. The van der Waals surface area contributed by atoms with Crippen molar-refractivity contribution in [2.75, 3.05) is 11.9 Å². The minimum atomic E-state index is -1.34. The topological polar surface area (TPSA) is 78.5 Å². The van der Waals surface area contributed by atoms with Crippen LogP contribution in [0.2, 0.25) is 10.0 Å². The lowest BCUT2D eigenvalue weighted by molar-refractivity contribution is -0.133. The fourth-order valence-corrected chi connectivity index (χ4v) is 3.75. The molecular weight excluding hydrogens is 425 g/mol. The first-order chi connectivity index (χ1) is 14.3. The SMILES string of the molecule is CC1(c2ccc(Cl)c(Cl)c2)NC(=O)N(CC(=O)Nc2ccc3ccccc3c2)C1=O. The average molecular weight is 442 g/mol. The standard InChI is InChI=1S/C22H17Cl2N3O3/c1-22(15-7-9-17(23)18(24)11-15)20(29)27(21(30)26-22)12-19(28)25-16-8-6-13-4-2-3-5-14(13)10-16/h2-11H,12H2,1H3,(H,25,28)(H,26,30). The fraction of sp³-hybridized carbons (Fsp3) is 0.136. The van der Waals surface area contributed by atoms with E-state index >= 15 is 0 Å². The van der Waals surface area contributed by atoms with Gasteiger partial charge in [-0.25, -0.2) is 4.79 Å². The molecule has 4 rings (SSSR count). The molecular formula is C22H17Cl2N3O3. The van der Waals surface area contributed by atoms with Crippen LogP contribution in [0.5, 0.6) is 0 Å². The van der Waals surface area contributed by atoms with E-state index in [0.29, 0.717) is 16.3 Å². The highest BCUT2D eigenvalue weighted by Crippen LogP contribution is 2.33. The zero-order valence-corrected chi connectivity index (χ0v) is 17.4. The summed E-state index contributed by atoms with van der Waals surface area (Å²) < 4.78 is 0. The number of benzene rings is 3. The highest BCUT2D eigenvalue weighted by molar-refractivity contribution is 6.42. The molecule has 1 fully saturated rings. The number of imide groups is 1. The van der Waals surface area contributed by atoms with E-state index in [-0.39, 0.29) is 5.02 Å². The van der Waals surface area contributed by atoms with Crippen molar-refractivity contribution in [1.29, 1.82) is 0 Å². The summed E-state index contributed by atoms with van der Waals surface area (Å²) in [6.45, 7) is 1.16. The zero-order valence-electron chi connectivity index (χ0n) is 15.9. The molecule has 0 saturated carbocycles. The number of rotatable bonds is 4. The molecule has 1 atom stereocenters. The Morgan fingerprint density at radius 2 is 1.73 bits per heavy atom. The van der Waals surface area contributed by atoms with Crippen molar-refractivity contribution in [3.05, 3.63) is 76.3 Å². The van der Waals surface area contributed by atoms with Crippen molar-refractivity contribution in [2.45, 2.75) is 12.5 Å². The summed E-state index contributed by atoms with van der Waals surface area (Å²) in [6, 6.07) is 17.3. The van der Waals surface area contributed by atoms with Gasteiger partial charge in [0.05, 0.1) is 10.0 Å². The van der Waals surface area contributed by atoms with Crippen LogP contribution in [-0.2, 0) is 15.1 Å². The summed E-state index contributed by atoms with van der Waals surface area (Å²) >= 11 is 12.0. The summed E-state index contributed by atoms with van der Waals surface area (Å²) in [7, 11) is 0. The number of hydrogen-bond donors (Lipinski definition) is 2. The number of urea groups is 1. The number of carbonyl (C=O) groups excluding carboxylic acids is 3. The van der Waals surface area contributed by atoms with Crippen molar-refractivity contribution in [3.8, 4) is 0 Å². The normalized spacial score (nSPS) is 18.6. The summed E-state index contributed by atoms with van der Waals surface area (Å²) in [5, 5.41) is 8.00. The van der Waals surface area contributed by atoms with Gasteiger partial charge in [0.15, 0.2) is 0 Å². The lowest BCUT2D eigenvalue weighted by atomic mass is 9.92. The first-order valence-corrected chi connectivity index (χ1v) is 9.92. The highest BCUT2D eigenvalue weighted by Gasteiger charge is 2.49. The first-order valence-electron chi connectivity index (χ1n) is 9.16. The predicted octanol–water partition coefficient (Wildman–Crippen LogP) is 4.55. The Bertz CT molecular complexity index is 1200. The van der Waals surface area contributed by atoms with Gasteiger partial charge in [-0.1, -0.05) is 59.6 Å². The van der Waals surface area contributed by atoms with E-state index in [1.165, 1.54) is 6.07 Å². The molecule has 1 saturated heterocycles. The molecule has 1 unspecified atom stereocenters. The highest BCUT2D eigenvalue weighted by atomic mass is 35.5. The Morgan fingerprint density at radius 1 is 1.00 bits per heavy atom. The molecule has 0 bridgehead atoms. The Hall–Kier alpha value is -3.09. The van der Waals surface area contributed by atoms with Gasteiger partial charge in [-0.2, -0.15) is 0 Å². The maximum absolute atomic E-state index is 13.0. The molecule has 0 spiro atoms. The molecule has 1 aliphatic heterocycles. The first kappa shape index (κ1) is 20.2. The number of halogens is 2. The molecule has 152 valence electrons. The molecule has 0 aliphatic carbocycles. The third-order valence-electron chi connectivity index (χ3n) is 5.11. The van der Waals surface area contributed by atoms with Crippen molar-refractivity contribution < 1.29 is 14.4 Å². The summed E-state index contributed by atoms with van der Waals surface area (Å²) in [5.74, 6) is -1.02. The third-order valence-corrected chi connectivity index (χ3v) is 5.85. The lowest BCUT2D eigenvalue weighted by Crippen LogP contribution is -2.42. The van der Waals surface area contributed by atoms with E-state index in [2.05, 4.69) is 10.6 Å². The van der Waals surface area contributed by atoms with Crippen LogP contribution in [0.25, 0.3) is 10.8 Å². The molecule has 8 heteroatoms. The van der Waals surface area contributed by atoms with Crippen LogP contribution in [-0.4, -0.2) is 29.3 Å². The number of anilines is 1. The largest absolute Gasteiger partial charge is 0.325 e. The molecule has 30 heavy (non-hydrogen) atoms. The van der Waals surface area contributed by atoms with Gasteiger partial charge >= 0.3 is 6.03 Å². The minimum Gasteiger partial charge on any atom is -0.325 e. The summed E-state index contributed by atoms with van der Waals surface area (Å²) in [4.78, 5) is 38.8. The van der Waals surface area contributed by atoms with Gasteiger partial charge in [-0.05, 0) is 47.5 Å². The summed E-state index contributed by atoms with van der Waals surface area (Å²) in [5.41, 5.74) is -0.278. The molecule has 2 N–H and O–H groups in total. The number of nitrogens with one attached hydrogen (secondary N) is 2. The number of nitrogens with zero attached hydrogens (tertiary/aromatic N) is 1. The van der Waals surface area contributed by atoms with Crippen LogP contribution in [0.3, 0.4) is 0 Å². The average Bonchev–Trinajstić information content (AvgIpc) is 2.94. The van der Waals surface area contributed by atoms with Crippen LogP contribution in [0.4, 0.5) is 10.5 Å². The van der Waals surface area contributed by atoms with Gasteiger partial charge in [0.25, 0.3) is 5.91 Å². The molecule has 6 nitrogen and oxygen atoms in total. The molecule has 1 aliphatic rings. The second kappa shape index (κ2) is 7.63. The van der Waals surface area contributed by atoms with E-state index in [1.807, 2.05) is 36.4 Å². The maximum Gasteiger partial charge on any atom is 0.325 e. The van der Waals surface area contributed by atoms with Gasteiger partial charge in [-0.3, -0.25) is 14.5 Å². The summed E-state index contributed by atoms with van der Waals surface area (Å²) in [6.07, 6.45) is 0.